The third kappa shape index (κ3) is 67.0. The van der Waals surface area contributed by atoms with Gasteiger partial charge < -0.3 is 14.2 Å². The standard InChI is InChI=1S/C75H130O6/c1-4-7-10-13-16-19-22-25-27-29-31-33-35-36-37-38-40-41-43-45-47-50-53-56-59-62-65-68-74(77)80-71-72(70-79-73(76)67-64-61-58-55-52-49-24-21-18-15-12-9-6-3)81-75(78)69-66-63-60-57-54-51-48-46-44-42-39-34-32-30-28-26-23-20-17-14-11-8-5-2/h8,11,17,20-21,24,26,28,32,34,42,44,48,51,57,60,72H,4-7,9-10,12-16,18-19,22-23,25,27,29-31,33,35-41,43,45-47,49-50,52-56,58-59,61-71H2,1-3H3/b11-8-,20-17-,24-21-,28-26-,34-32-,44-42-,51-48-,60-57-. The first-order valence-corrected chi connectivity index (χ1v) is 34.7. The molecule has 0 amide bonds. The summed E-state index contributed by atoms with van der Waals surface area (Å²) in [6, 6.07) is 0. The second-order valence-electron chi connectivity index (χ2n) is 23.1. The largest absolute Gasteiger partial charge is 0.462 e. The van der Waals surface area contributed by atoms with E-state index in [4.69, 9.17) is 14.2 Å². The zero-order chi connectivity index (χ0) is 58.5. The summed E-state index contributed by atoms with van der Waals surface area (Å²) >= 11 is 0. The molecule has 0 radical (unpaired) electrons. The van der Waals surface area contributed by atoms with Crippen LogP contribution in [0, 0.1) is 0 Å². The van der Waals surface area contributed by atoms with E-state index in [2.05, 4.69) is 118 Å². The number of allylic oxidation sites excluding steroid dienone is 16. The molecule has 6 nitrogen and oxygen atoms in total. The molecule has 0 aliphatic rings. The molecule has 0 aromatic rings. The van der Waals surface area contributed by atoms with E-state index >= 15 is 0 Å². The first-order valence-electron chi connectivity index (χ1n) is 34.7. The summed E-state index contributed by atoms with van der Waals surface area (Å²) in [6.45, 7) is 6.50. The molecule has 1 unspecified atom stereocenters. The summed E-state index contributed by atoms with van der Waals surface area (Å²) in [5.41, 5.74) is 0. The van der Waals surface area contributed by atoms with Crippen LogP contribution >= 0.6 is 0 Å². The van der Waals surface area contributed by atoms with Crippen LogP contribution in [0.1, 0.15) is 342 Å². The fraction of sp³-hybridized carbons (Fsp3) is 0.747. The molecule has 466 valence electrons. The number of esters is 3. The molecule has 0 saturated carbocycles. The average molecular weight is 1130 g/mol. The summed E-state index contributed by atoms with van der Waals surface area (Å²) in [5, 5.41) is 0. The highest BCUT2D eigenvalue weighted by Gasteiger charge is 2.19. The van der Waals surface area contributed by atoms with E-state index in [-0.39, 0.29) is 37.5 Å². The van der Waals surface area contributed by atoms with Crippen molar-refractivity contribution in [2.24, 2.45) is 0 Å². The lowest BCUT2D eigenvalue weighted by Crippen LogP contribution is -2.30. The highest BCUT2D eigenvalue weighted by atomic mass is 16.6. The van der Waals surface area contributed by atoms with Gasteiger partial charge in [-0.2, -0.15) is 0 Å². The molecular formula is C75H130O6. The van der Waals surface area contributed by atoms with Gasteiger partial charge in [-0.05, 0) is 96.3 Å². The monoisotopic (exact) mass is 1130 g/mol. The van der Waals surface area contributed by atoms with Crippen molar-refractivity contribution in [3.05, 3.63) is 97.2 Å². The maximum Gasteiger partial charge on any atom is 0.306 e. The van der Waals surface area contributed by atoms with Crippen LogP contribution in [0.5, 0.6) is 0 Å². The minimum atomic E-state index is -0.812. The zero-order valence-corrected chi connectivity index (χ0v) is 53.5. The first kappa shape index (κ1) is 77.3. The Morgan fingerprint density at radius 2 is 0.494 bits per heavy atom. The lowest BCUT2D eigenvalue weighted by molar-refractivity contribution is -0.167. The lowest BCUT2D eigenvalue weighted by Gasteiger charge is -2.18. The van der Waals surface area contributed by atoms with Crippen molar-refractivity contribution in [1.82, 2.24) is 0 Å². The van der Waals surface area contributed by atoms with E-state index in [0.717, 1.165) is 103 Å². The number of hydrogen-bond donors (Lipinski definition) is 0. The quantitative estimate of drug-likeness (QED) is 0.0261. The summed E-state index contributed by atoms with van der Waals surface area (Å²) in [4.78, 5) is 38.4. The molecule has 6 heteroatoms. The molecule has 0 aromatic heterocycles. The van der Waals surface area contributed by atoms with Crippen LogP contribution in [0.3, 0.4) is 0 Å². The van der Waals surface area contributed by atoms with Crippen molar-refractivity contribution in [2.45, 2.75) is 348 Å². The molecule has 81 heavy (non-hydrogen) atoms. The third-order valence-electron chi connectivity index (χ3n) is 15.1. The van der Waals surface area contributed by atoms with Crippen molar-refractivity contribution in [3.8, 4) is 0 Å². The molecule has 0 aliphatic heterocycles. The average Bonchev–Trinajstić information content (AvgIpc) is 3.46. The minimum Gasteiger partial charge on any atom is -0.462 e. The predicted octanol–water partition coefficient (Wildman–Crippen LogP) is 24.0. The smallest absolute Gasteiger partial charge is 0.306 e. The van der Waals surface area contributed by atoms with Crippen molar-refractivity contribution < 1.29 is 28.6 Å². The van der Waals surface area contributed by atoms with E-state index in [0.29, 0.717) is 19.3 Å². The number of hydrogen-bond acceptors (Lipinski definition) is 6. The van der Waals surface area contributed by atoms with Crippen molar-refractivity contribution in [2.75, 3.05) is 13.2 Å². The SMILES string of the molecule is CC/C=C\C/C=C\C/C=C\C/C=C\C/C=C\C/C=C\C/C=C\CCCC(=O)OC(COC(=O)CCCCCCC/C=C\CCCCCC)COC(=O)CCCCCCCCCCCCCCCCCCCCCCCCCCCCC. The predicted molar refractivity (Wildman–Crippen MR) is 353 cm³/mol. The van der Waals surface area contributed by atoms with E-state index in [1.54, 1.807) is 0 Å². The van der Waals surface area contributed by atoms with Gasteiger partial charge in [0.1, 0.15) is 13.2 Å². The fourth-order valence-electron chi connectivity index (χ4n) is 9.90. The second-order valence-corrected chi connectivity index (χ2v) is 23.1. The Morgan fingerprint density at radius 3 is 0.815 bits per heavy atom. The normalized spacial score (nSPS) is 12.7. The Kier molecular flexibility index (Phi) is 65.7. The Morgan fingerprint density at radius 1 is 0.259 bits per heavy atom. The highest BCUT2D eigenvalue weighted by molar-refractivity contribution is 5.71. The van der Waals surface area contributed by atoms with Gasteiger partial charge >= 0.3 is 17.9 Å². The summed E-state index contributed by atoms with van der Waals surface area (Å²) in [5.74, 6) is -0.956. The minimum absolute atomic E-state index is 0.101. The molecule has 0 rings (SSSR count). The van der Waals surface area contributed by atoms with Crippen LogP contribution in [0.15, 0.2) is 97.2 Å². The lowest BCUT2D eigenvalue weighted by atomic mass is 10.0. The molecule has 0 aromatic carbocycles. The van der Waals surface area contributed by atoms with Gasteiger partial charge in [0.25, 0.3) is 0 Å². The van der Waals surface area contributed by atoms with Gasteiger partial charge in [-0.15, -0.1) is 0 Å². The van der Waals surface area contributed by atoms with Gasteiger partial charge in [-0.25, -0.2) is 0 Å². The van der Waals surface area contributed by atoms with Crippen LogP contribution in [-0.2, 0) is 28.6 Å². The van der Waals surface area contributed by atoms with Crippen LogP contribution in [0.25, 0.3) is 0 Å². The zero-order valence-electron chi connectivity index (χ0n) is 53.5. The first-order chi connectivity index (χ1) is 40.0. The Hall–Kier alpha value is -3.67. The van der Waals surface area contributed by atoms with Crippen LogP contribution in [-0.4, -0.2) is 37.2 Å². The fourth-order valence-corrected chi connectivity index (χ4v) is 9.90. The molecule has 0 heterocycles. The molecule has 0 bridgehead atoms. The molecule has 0 fully saturated rings. The van der Waals surface area contributed by atoms with Gasteiger partial charge in [-0.1, -0.05) is 323 Å². The van der Waals surface area contributed by atoms with E-state index in [1.807, 2.05) is 0 Å². The molecule has 0 aliphatic carbocycles. The van der Waals surface area contributed by atoms with Crippen molar-refractivity contribution >= 4 is 17.9 Å². The van der Waals surface area contributed by atoms with Gasteiger partial charge in [0.2, 0.25) is 0 Å². The van der Waals surface area contributed by atoms with Gasteiger partial charge in [0.15, 0.2) is 6.10 Å². The Labute approximate surface area is 502 Å². The third-order valence-corrected chi connectivity index (χ3v) is 15.1. The summed E-state index contributed by atoms with van der Waals surface area (Å²) < 4.78 is 16.9. The molecule has 1 atom stereocenters. The van der Waals surface area contributed by atoms with E-state index in [9.17, 15) is 14.4 Å². The Balaban J connectivity index is 4.34. The summed E-state index contributed by atoms with van der Waals surface area (Å²) in [6.07, 6.45) is 93.0. The maximum atomic E-state index is 12.9. The van der Waals surface area contributed by atoms with Crippen LogP contribution in [0.2, 0.25) is 0 Å². The van der Waals surface area contributed by atoms with Crippen LogP contribution in [0.4, 0.5) is 0 Å². The highest BCUT2D eigenvalue weighted by Crippen LogP contribution is 2.18. The summed E-state index contributed by atoms with van der Waals surface area (Å²) in [7, 11) is 0. The molecular weight excluding hydrogens is 997 g/mol. The van der Waals surface area contributed by atoms with Gasteiger partial charge in [0.05, 0.1) is 0 Å². The van der Waals surface area contributed by atoms with Gasteiger partial charge in [0, 0.05) is 19.3 Å². The van der Waals surface area contributed by atoms with Crippen molar-refractivity contribution in [1.29, 1.82) is 0 Å². The topological polar surface area (TPSA) is 78.9 Å². The second kappa shape index (κ2) is 68.8. The number of unbranched alkanes of at least 4 members (excludes halogenated alkanes) is 36. The maximum absolute atomic E-state index is 12.9. The van der Waals surface area contributed by atoms with Gasteiger partial charge in [-0.3, -0.25) is 14.4 Å². The Bertz CT molecular complexity index is 1580. The number of ether oxygens (including phenoxy) is 3. The number of carbonyl (C=O) groups is 3. The van der Waals surface area contributed by atoms with Crippen LogP contribution < -0.4 is 0 Å². The van der Waals surface area contributed by atoms with E-state index < -0.39 is 6.10 Å². The number of rotatable bonds is 63. The molecule has 0 N–H and O–H groups in total. The van der Waals surface area contributed by atoms with Crippen molar-refractivity contribution in [3.63, 3.8) is 0 Å². The molecule has 0 saturated heterocycles. The van der Waals surface area contributed by atoms with E-state index in [1.165, 1.54) is 193 Å². The number of carbonyl (C=O) groups excluding carboxylic acids is 3. The molecule has 0 spiro atoms.